The maximum Gasteiger partial charge on any atom is 0.296 e. The van der Waals surface area contributed by atoms with Gasteiger partial charge >= 0.3 is 0 Å². The number of pyridine rings is 1. The minimum Gasteiger partial charge on any atom is -0.341 e. The van der Waals surface area contributed by atoms with Gasteiger partial charge in [-0.1, -0.05) is 25.0 Å². The van der Waals surface area contributed by atoms with Crippen LogP contribution in [0.25, 0.3) is 10.9 Å². The van der Waals surface area contributed by atoms with E-state index in [0.29, 0.717) is 18.7 Å². The van der Waals surface area contributed by atoms with Crippen molar-refractivity contribution >= 4 is 16.8 Å². The molecule has 1 saturated heterocycles. The molecule has 0 radical (unpaired) electrons. The quantitative estimate of drug-likeness (QED) is 0.646. The third kappa shape index (κ3) is 3.95. The Labute approximate surface area is 180 Å². The number of fused-ring (bicyclic) bond motifs is 3. The van der Waals surface area contributed by atoms with Crippen LogP contribution in [0, 0.1) is 5.82 Å². The second kappa shape index (κ2) is 8.40. The molecule has 0 saturated carbocycles. The molecule has 2 aromatic heterocycles. The van der Waals surface area contributed by atoms with Gasteiger partial charge in [-0.05, 0) is 61.2 Å². The Bertz CT molecular complexity index is 1100. The summed E-state index contributed by atoms with van der Waals surface area (Å²) in [6.45, 7) is 3.89. The molecule has 0 atom stereocenters. The number of halogens is 1. The molecule has 0 bridgehead atoms. The van der Waals surface area contributed by atoms with Gasteiger partial charge in [-0.2, -0.15) is 0 Å². The standard InChI is InChI=1S/C24H27FN4O2/c25-19-7-5-17(6-8-19)14-28-16-18(15-27-10-3-1-2-4-11-27)22-20-9-12-29(31)24(30)23(20)26-13-21(22)28/h5-8,13,16,31H,1-4,9-12,14-15H2. The molecule has 3 aromatic rings. The molecule has 6 nitrogen and oxygen atoms in total. The summed E-state index contributed by atoms with van der Waals surface area (Å²) >= 11 is 0. The van der Waals surface area contributed by atoms with Crippen LogP contribution in [0.5, 0.6) is 0 Å². The van der Waals surface area contributed by atoms with Gasteiger partial charge in [0, 0.05) is 24.7 Å². The fourth-order valence-electron chi connectivity index (χ4n) is 4.88. The van der Waals surface area contributed by atoms with Gasteiger partial charge in [0.15, 0.2) is 0 Å². The van der Waals surface area contributed by atoms with E-state index in [0.717, 1.165) is 46.7 Å². The van der Waals surface area contributed by atoms with Gasteiger partial charge in [0.25, 0.3) is 5.91 Å². The average molecular weight is 423 g/mol. The molecule has 0 aliphatic carbocycles. The van der Waals surface area contributed by atoms with Crippen LogP contribution >= 0.6 is 0 Å². The van der Waals surface area contributed by atoms with Gasteiger partial charge in [-0.15, -0.1) is 0 Å². The number of hydroxylamine groups is 2. The van der Waals surface area contributed by atoms with Crippen LogP contribution in [0.4, 0.5) is 4.39 Å². The summed E-state index contributed by atoms with van der Waals surface area (Å²) in [5, 5.41) is 11.7. The Kier molecular flexibility index (Phi) is 5.46. The zero-order chi connectivity index (χ0) is 21.4. The monoisotopic (exact) mass is 422 g/mol. The zero-order valence-electron chi connectivity index (χ0n) is 17.6. The number of aromatic nitrogens is 2. The van der Waals surface area contributed by atoms with Crippen molar-refractivity contribution in [1.29, 1.82) is 0 Å². The van der Waals surface area contributed by atoms with Gasteiger partial charge in [0.1, 0.15) is 11.5 Å². The predicted molar refractivity (Wildman–Crippen MR) is 116 cm³/mol. The summed E-state index contributed by atoms with van der Waals surface area (Å²) in [6, 6.07) is 6.56. The van der Waals surface area contributed by atoms with E-state index >= 15 is 0 Å². The Morgan fingerprint density at radius 1 is 1.00 bits per heavy atom. The Hall–Kier alpha value is -2.77. The maximum atomic E-state index is 13.4. The highest BCUT2D eigenvalue weighted by Crippen LogP contribution is 2.31. The molecular formula is C24H27FN4O2. The first kappa shape index (κ1) is 20.2. The highest BCUT2D eigenvalue weighted by molar-refractivity contribution is 6.00. The van der Waals surface area contributed by atoms with Crippen molar-refractivity contribution in [3.63, 3.8) is 0 Å². The van der Waals surface area contributed by atoms with E-state index in [4.69, 9.17) is 0 Å². The summed E-state index contributed by atoms with van der Waals surface area (Å²) in [5.74, 6) is -0.680. The molecular weight excluding hydrogens is 395 g/mol. The average Bonchev–Trinajstić information content (AvgIpc) is 2.93. The molecule has 4 heterocycles. The van der Waals surface area contributed by atoms with Crippen molar-refractivity contribution in [2.24, 2.45) is 0 Å². The molecule has 1 aromatic carbocycles. The number of amides is 1. The van der Waals surface area contributed by atoms with Crippen LogP contribution < -0.4 is 0 Å². The van der Waals surface area contributed by atoms with Crippen LogP contribution in [-0.2, 0) is 19.5 Å². The summed E-state index contributed by atoms with van der Waals surface area (Å²) in [6.07, 6.45) is 9.47. The molecule has 0 unspecified atom stereocenters. The second-order valence-corrected chi connectivity index (χ2v) is 8.62. The molecule has 0 spiro atoms. The highest BCUT2D eigenvalue weighted by Gasteiger charge is 2.28. The van der Waals surface area contributed by atoms with E-state index in [1.165, 1.54) is 43.4 Å². The number of rotatable bonds is 4. The molecule has 7 heteroatoms. The SMILES string of the molecule is O=C1c2ncc3c(c(CN4CCCCCC4)cn3Cc3ccc(F)cc3)c2CCN1O. The summed E-state index contributed by atoms with van der Waals surface area (Å²) < 4.78 is 15.5. The number of hydrogen-bond donors (Lipinski definition) is 1. The topological polar surface area (TPSA) is 61.6 Å². The molecule has 2 aliphatic heterocycles. The fraction of sp³-hybridized carbons (Fsp3) is 0.417. The molecule has 5 rings (SSSR count). The normalized spacial score (nSPS) is 17.7. The van der Waals surface area contributed by atoms with Crippen molar-refractivity contribution in [3.8, 4) is 0 Å². The maximum absolute atomic E-state index is 13.4. The number of likely N-dealkylation sites (tertiary alicyclic amines) is 1. The van der Waals surface area contributed by atoms with Crippen molar-refractivity contribution in [2.75, 3.05) is 19.6 Å². The smallest absolute Gasteiger partial charge is 0.296 e. The van der Waals surface area contributed by atoms with Gasteiger partial charge in [-0.25, -0.2) is 14.4 Å². The largest absolute Gasteiger partial charge is 0.341 e. The summed E-state index contributed by atoms with van der Waals surface area (Å²) in [4.78, 5) is 19.4. The van der Waals surface area contributed by atoms with Crippen LogP contribution in [-0.4, -0.2) is 50.3 Å². The molecule has 162 valence electrons. The van der Waals surface area contributed by atoms with E-state index in [1.54, 1.807) is 18.3 Å². The summed E-state index contributed by atoms with van der Waals surface area (Å²) in [7, 11) is 0. The first-order valence-corrected chi connectivity index (χ1v) is 11.1. The van der Waals surface area contributed by atoms with Crippen LogP contribution in [0.2, 0.25) is 0 Å². The van der Waals surface area contributed by atoms with Crippen molar-refractivity contribution in [2.45, 2.75) is 45.2 Å². The molecule has 31 heavy (non-hydrogen) atoms. The van der Waals surface area contributed by atoms with E-state index in [2.05, 4.69) is 20.6 Å². The first-order chi connectivity index (χ1) is 15.1. The number of benzene rings is 1. The van der Waals surface area contributed by atoms with Crippen molar-refractivity contribution in [3.05, 3.63) is 64.9 Å². The molecule has 1 amide bonds. The van der Waals surface area contributed by atoms with E-state index in [-0.39, 0.29) is 12.4 Å². The number of carbonyl (C=O) groups is 1. The van der Waals surface area contributed by atoms with Gasteiger partial charge in [0.05, 0.1) is 18.3 Å². The second-order valence-electron chi connectivity index (χ2n) is 8.62. The number of carbonyl (C=O) groups excluding carboxylic acids is 1. The lowest BCUT2D eigenvalue weighted by Gasteiger charge is -2.24. The molecule has 1 N–H and O–H groups in total. The summed E-state index contributed by atoms with van der Waals surface area (Å²) in [5.41, 5.74) is 4.45. The third-order valence-electron chi connectivity index (χ3n) is 6.47. The lowest BCUT2D eigenvalue weighted by atomic mass is 9.99. The van der Waals surface area contributed by atoms with Gasteiger partial charge in [-0.3, -0.25) is 14.9 Å². The first-order valence-electron chi connectivity index (χ1n) is 11.1. The van der Waals surface area contributed by atoms with Gasteiger partial charge < -0.3 is 4.57 Å². The van der Waals surface area contributed by atoms with Crippen LogP contribution in [0.15, 0.2) is 36.7 Å². The van der Waals surface area contributed by atoms with E-state index in [1.807, 2.05) is 0 Å². The Balaban J connectivity index is 1.59. The van der Waals surface area contributed by atoms with Crippen molar-refractivity contribution in [1.82, 2.24) is 19.5 Å². The van der Waals surface area contributed by atoms with Crippen LogP contribution in [0.3, 0.4) is 0 Å². The molecule has 2 aliphatic rings. The Morgan fingerprint density at radius 3 is 2.48 bits per heavy atom. The lowest BCUT2D eigenvalue weighted by Crippen LogP contribution is -2.35. The lowest BCUT2D eigenvalue weighted by molar-refractivity contribution is -0.0606. The number of hydrogen-bond acceptors (Lipinski definition) is 4. The third-order valence-corrected chi connectivity index (χ3v) is 6.47. The Morgan fingerprint density at radius 2 is 1.74 bits per heavy atom. The van der Waals surface area contributed by atoms with E-state index in [9.17, 15) is 14.4 Å². The minimum absolute atomic E-state index is 0.245. The van der Waals surface area contributed by atoms with Crippen molar-refractivity contribution < 1.29 is 14.4 Å². The van der Waals surface area contributed by atoms with Gasteiger partial charge in [0.2, 0.25) is 0 Å². The predicted octanol–water partition coefficient (Wildman–Crippen LogP) is 3.99. The van der Waals surface area contributed by atoms with Crippen LogP contribution in [0.1, 0.15) is 52.9 Å². The zero-order valence-corrected chi connectivity index (χ0v) is 17.6. The molecule has 1 fully saturated rings. The highest BCUT2D eigenvalue weighted by atomic mass is 19.1. The van der Waals surface area contributed by atoms with E-state index < -0.39 is 5.91 Å². The minimum atomic E-state index is -0.435. The fourth-order valence-corrected chi connectivity index (χ4v) is 4.88. The number of nitrogens with zero attached hydrogens (tertiary/aromatic N) is 4.